The third-order valence-corrected chi connectivity index (χ3v) is 3.90. The van der Waals surface area contributed by atoms with Crippen LogP contribution in [0.15, 0.2) is 17.1 Å². The Kier molecular flexibility index (Phi) is 6.09. The number of hydrogen-bond acceptors (Lipinski definition) is 1. The van der Waals surface area contributed by atoms with Crippen molar-refractivity contribution in [2.45, 2.75) is 52.5 Å². The topological polar surface area (TPSA) is 22.0 Å². The van der Waals surface area contributed by atoms with Gasteiger partial charge >= 0.3 is 0 Å². The number of nitrogens with zero attached hydrogens (tertiary/aromatic N) is 1. The highest BCUT2D eigenvalue weighted by molar-refractivity contribution is 14.1. The van der Waals surface area contributed by atoms with E-state index in [4.69, 9.17) is 0 Å². The van der Waals surface area contributed by atoms with Crippen molar-refractivity contribution in [3.8, 4) is 0 Å². The highest BCUT2D eigenvalue weighted by Gasteiger charge is 2.00. The normalized spacial score (nSPS) is 10.7. The standard InChI is InChI=1S/C13H20INO/c1-3-4-5-6-7-8-15-10-12(14)11(2)9-13(15)16/h9-10H,3-8H2,1-2H3. The van der Waals surface area contributed by atoms with Gasteiger partial charge in [-0.1, -0.05) is 32.6 Å². The second-order valence-electron chi connectivity index (χ2n) is 4.25. The van der Waals surface area contributed by atoms with Crippen LogP contribution in [0.5, 0.6) is 0 Å². The minimum absolute atomic E-state index is 0.133. The first-order chi connectivity index (χ1) is 7.65. The van der Waals surface area contributed by atoms with Gasteiger partial charge in [-0.3, -0.25) is 4.79 Å². The van der Waals surface area contributed by atoms with Crippen molar-refractivity contribution in [2.75, 3.05) is 0 Å². The molecule has 0 aliphatic carbocycles. The van der Waals surface area contributed by atoms with Crippen LogP contribution < -0.4 is 5.56 Å². The quantitative estimate of drug-likeness (QED) is 0.574. The molecular formula is C13H20INO. The maximum Gasteiger partial charge on any atom is 0.250 e. The van der Waals surface area contributed by atoms with Crippen molar-refractivity contribution in [3.63, 3.8) is 0 Å². The number of halogens is 1. The molecule has 0 N–H and O–H groups in total. The van der Waals surface area contributed by atoms with Crippen LogP contribution in [0.25, 0.3) is 0 Å². The van der Waals surface area contributed by atoms with Gasteiger partial charge in [0, 0.05) is 22.4 Å². The Morgan fingerprint density at radius 1 is 1.25 bits per heavy atom. The predicted molar refractivity (Wildman–Crippen MR) is 76.9 cm³/mol. The van der Waals surface area contributed by atoms with Crippen LogP contribution in [-0.4, -0.2) is 4.57 Å². The van der Waals surface area contributed by atoms with Gasteiger partial charge in [0.2, 0.25) is 0 Å². The van der Waals surface area contributed by atoms with E-state index >= 15 is 0 Å². The summed E-state index contributed by atoms with van der Waals surface area (Å²) in [4.78, 5) is 11.7. The molecular weight excluding hydrogens is 313 g/mol. The van der Waals surface area contributed by atoms with Crippen LogP contribution in [-0.2, 0) is 6.54 Å². The minimum Gasteiger partial charge on any atom is -0.314 e. The van der Waals surface area contributed by atoms with E-state index in [1.807, 2.05) is 17.7 Å². The summed E-state index contributed by atoms with van der Waals surface area (Å²) < 4.78 is 3.01. The van der Waals surface area contributed by atoms with E-state index in [1.54, 1.807) is 6.07 Å². The molecule has 0 radical (unpaired) electrons. The summed E-state index contributed by atoms with van der Waals surface area (Å²) in [6, 6.07) is 1.73. The molecule has 2 nitrogen and oxygen atoms in total. The molecule has 0 bridgehead atoms. The fourth-order valence-corrected chi connectivity index (χ4v) is 2.19. The van der Waals surface area contributed by atoms with Crippen molar-refractivity contribution in [2.24, 2.45) is 0 Å². The van der Waals surface area contributed by atoms with E-state index in [-0.39, 0.29) is 5.56 Å². The molecule has 0 saturated carbocycles. The van der Waals surface area contributed by atoms with Crippen LogP contribution in [0.2, 0.25) is 0 Å². The van der Waals surface area contributed by atoms with Gasteiger partial charge in [0.15, 0.2) is 0 Å². The average Bonchev–Trinajstić information content (AvgIpc) is 2.25. The number of pyridine rings is 1. The van der Waals surface area contributed by atoms with E-state index in [0.717, 1.165) is 18.5 Å². The number of aromatic nitrogens is 1. The fraction of sp³-hybridized carbons (Fsp3) is 0.615. The molecule has 0 fully saturated rings. The minimum atomic E-state index is 0.133. The summed E-state index contributed by atoms with van der Waals surface area (Å²) in [7, 11) is 0. The first-order valence-corrected chi connectivity index (χ1v) is 7.09. The van der Waals surface area contributed by atoms with E-state index in [2.05, 4.69) is 29.5 Å². The Balaban J connectivity index is 2.48. The molecule has 3 heteroatoms. The Bertz CT molecular complexity index is 384. The lowest BCUT2D eigenvalue weighted by molar-refractivity contribution is 0.557. The largest absolute Gasteiger partial charge is 0.314 e. The van der Waals surface area contributed by atoms with Crippen LogP contribution >= 0.6 is 22.6 Å². The molecule has 90 valence electrons. The molecule has 1 heterocycles. The number of rotatable bonds is 6. The SMILES string of the molecule is CCCCCCCn1cc(I)c(C)cc1=O. The van der Waals surface area contributed by atoms with Crippen LogP contribution in [0.4, 0.5) is 0 Å². The van der Waals surface area contributed by atoms with Gasteiger partial charge in [0.1, 0.15) is 0 Å². The van der Waals surface area contributed by atoms with Gasteiger partial charge in [0.05, 0.1) is 0 Å². The molecule has 0 atom stereocenters. The molecule has 0 amide bonds. The zero-order valence-electron chi connectivity index (χ0n) is 10.1. The first-order valence-electron chi connectivity index (χ1n) is 6.01. The molecule has 0 unspecified atom stereocenters. The number of aryl methyl sites for hydroxylation is 2. The van der Waals surface area contributed by atoms with E-state index in [1.165, 1.54) is 29.3 Å². The number of hydrogen-bond donors (Lipinski definition) is 0. The second kappa shape index (κ2) is 7.09. The van der Waals surface area contributed by atoms with Crippen LogP contribution in [0.1, 0.15) is 44.6 Å². The highest BCUT2D eigenvalue weighted by atomic mass is 127. The average molecular weight is 333 g/mol. The van der Waals surface area contributed by atoms with Crippen molar-refractivity contribution in [3.05, 3.63) is 31.8 Å². The maximum absolute atomic E-state index is 11.7. The summed E-state index contributed by atoms with van der Waals surface area (Å²) >= 11 is 2.28. The molecule has 0 aliphatic heterocycles. The molecule has 0 aliphatic rings. The Morgan fingerprint density at radius 2 is 1.94 bits per heavy atom. The van der Waals surface area contributed by atoms with E-state index in [9.17, 15) is 4.79 Å². The first kappa shape index (κ1) is 13.7. The van der Waals surface area contributed by atoms with Gasteiger partial charge < -0.3 is 4.57 Å². The highest BCUT2D eigenvalue weighted by Crippen LogP contribution is 2.08. The van der Waals surface area contributed by atoms with Crippen LogP contribution in [0.3, 0.4) is 0 Å². The van der Waals surface area contributed by atoms with Gasteiger partial charge in [-0.15, -0.1) is 0 Å². The summed E-state index contributed by atoms with van der Waals surface area (Å²) in [6.07, 6.45) is 8.17. The summed E-state index contributed by atoms with van der Waals surface area (Å²) in [5.41, 5.74) is 1.21. The van der Waals surface area contributed by atoms with Gasteiger partial charge in [-0.05, 0) is 41.5 Å². The lowest BCUT2D eigenvalue weighted by atomic mass is 10.1. The Morgan fingerprint density at radius 3 is 2.62 bits per heavy atom. The molecule has 1 aromatic rings. The summed E-state index contributed by atoms with van der Waals surface area (Å²) in [5.74, 6) is 0. The van der Waals surface area contributed by atoms with Crippen molar-refractivity contribution in [1.29, 1.82) is 0 Å². The van der Waals surface area contributed by atoms with Gasteiger partial charge in [-0.25, -0.2) is 0 Å². The molecule has 1 rings (SSSR count). The summed E-state index contributed by atoms with van der Waals surface area (Å²) in [6.45, 7) is 5.06. The second-order valence-corrected chi connectivity index (χ2v) is 5.41. The molecule has 0 saturated heterocycles. The lowest BCUT2D eigenvalue weighted by Crippen LogP contribution is -2.19. The molecule has 0 spiro atoms. The smallest absolute Gasteiger partial charge is 0.250 e. The fourth-order valence-electron chi connectivity index (χ4n) is 1.70. The van der Waals surface area contributed by atoms with Crippen molar-refractivity contribution < 1.29 is 0 Å². The van der Waals surface area contributed by atoms with Crippen LogP contribution in [0, 0.1) is 10.5 Å². The van der Waals surface area contributed by atoms with Crippen molar-refractivity contribution >= 4 is 22.6 Å². The molecule has 0 aromatic carbocycles. The predicted octanol–water partition coefficient (Wildman–Crippen LogP) is 3.73. The zero-order valence-corrected chi connectivity index (χ0v) is 12.3. The van der Waals surface area contributed by atoms with Gasteiger partial charge in [0.25, 0.3) is 5.56 Å². The van der Waals surface area contributed by atoms with Gasteiger partial charge in [-0.2, -0.15) is 0 Å². The molecule has 1 aromatic heterocycles. The molecule has 16 heavy (non-hydrogen) atoms. The lowest BCUT2D eigenvalue weighted by Gasteiger charge is -2.07. The number of unbranched alkanes of at least 4 members (excludes halogenated alkanes) is 4. The summed E-state index contributed by atoms with van der Waals surface area (Å²) in [5, 5.41) is 0. The van der Waals surface area contributed by atoms with E-state index < -0.39 is 0 Å². The van der Waals surface area contributed by atoms with Crippen molar-refractivity contribution in [1.82, 2.24) is 4.57 Å². The Hall–Kier alpha value is -0.320. The monoisotopic (exact) mass is 333 g/mol. The third kappa shape index (κ3) is 4.28. The zero-order chi connectivity index (χ0) is 12.0. The Labute approximate surface area is 111 Å². The third-order valence-electron chi connectivity index (χ3n) is 2.77. The maximum atomic E-state index is 11.7. The van der Waals surface area contributed by atoms with E-state index in [0.29, 0.717) is 0 Å².